The molecular weight excluding hydrogens is 458 g/mol. The number of halogens is 1. The van der Waals surface area contributed by atoms with Crippen molar-refractivity contribution in [3.8, 4) is 0 Å². The van der Waals surface area contributed by atoms with Crippen LogP contribution in [0.2, 0.25) is 5.02 Å². The van der Waals surface area contributed by atoms with Crippen LogP contribution in [0.15, 0.2) is 18.2 Å². The Hall–Kier alpha value is -1.46. The third kappa shape index (κ3) is 3.79. The molecule has 4 fully saturated rings. The molecule has 0 N–H and O–H groups in total. The molecule has 1 aromatic heterocycles. The monoisotopic (exact) mass is 497 g/mol. The van der Waals surface area contributed by atoms with Crippen molar-refractivity contribution in [1.82, 2.24) is 15.0 Å². The molecule has 0 saturated heterocycles. The molecule has 0 aliphatic heterocycles. The number of Topliss-reactive ketones (excluding diaryl/α,β-unsaturated/α-hetero) is 1. The molecular formula is C29H40ClN3O2. The van der Waals surface area contributed by atoms with Crippen molar-refractivity contribution in [3.05, 3.63) is 23.2 Å². The minimum absolute atomic E-state index is 0.108. The molecule has 4 aliphatic carbocycles. The van der Waals surface area contributed by atoms with E-state index in [4.69, 9.17) is 16.3 Å². The van der Waals surface area contributed by atoms with Gasteiger partial charge in [-0.25, -0.2) is 0 Å². The highest BCUT2D eigenvalue weighted by Gasteiger charge is 2.62. The Morgan fingerprint density at radius 1 is 1.09 bits per heavy atom. The molecule has 0 spiro atoms. The number of ether oxygens (including phenoxy) is 1. The number of aromatic nitrogens is 3. The molecule has 8 unspecified atom stereocenters. The first kappa shape index (κ1) is 23.9. The predicted molar refractivity (Wildman–Crippen MR) is 138 cm³/mol. The Kier molecular flexibility index (Phi) is 6.03. The fraction of sp³-hybridized carbons (Fsp3) is 0.759. The molecule has 0 amide bonds. The SMILES string of the molecule is COCC12CCC(C)CC1CCC1C3CCC(C(=O)Cn4nc5ccc(Cl)cc5n4)C3(C)CCC12. The molecule has 4 aliphatic rings. The van der Waals surface area contributed by atoms with Crippen molar-refractivity contribution < 1.29 is 9.53 Å². The maximum atomic E-state index is 13.7. The van der Waals surface area contributed by atoms with Crippen LogP contribution in [0.3, 0.4) is 0 Å². The predicted octanol–water partition coefficient (Wildman–Crippen LogP) is 6.58. The Balaban J connectivity index is 1.22. The van der Waals surface area contributed by atoms with Gasteiger partial charge in [0, 0.05) is 18.1 Å². The smallest absolute Gasteiger partial charge is 0.159 e. The summed E-state index contributed by atoms with van der Waals surface area (Å²) in [6.07, 6.45) is 11.4. The van der Waals surface area contributed by atoms with Gasteiger partial charge < -0.3 is 4.74 Å². The van der Waals surface area contributed by atoms with Gasteiger partial charge in [-0.15, -0.1) is 0 Å². The van der Waals surface area contributed by atoms with Crippen molar-refractivity contribution in [1.29, 1.82) is 0 Å². The second-order valence-corrected chi connectivity index (χ2v) is 13.1. The van der Waals surface area contributed by atoms with Crippen molar-refractivity contribution >= 4 is 28.4 Å². The molecule has 2 aromatic rings. The zero-order valence-corrected chi connectivity index (χ0v) is 22.3. The van der Waals surface area contributed by atoms with Gasteiger partial charge >= 0.3 is 0 Å². The van der Waals surface area contributed by atoms with E-state index in [-0.39, 0.29) is 17.9 Å². The third-order valence-corrected chi connectivity index (χ3v) is 11.3. The van der Waals surface area contributed by atoms with E-state index in [2.05, 4.69) is 24.0 Å². The van der Waals surface area contributed by atoms with Gasteiger partial charge in [-0.2, -0.15) is 15.0 Å². The summed E-state index contributed by atoms with van der Waals surface area (Å²) in [5.74, 6) is 4.28. The van der Waals surface area contributed by atoms with Crippen LogP contribution >= 0.6 is 11.6 Å². The Morgan fingerprint density at radius 2 is 1.91 bits per heavy atom. The first-order chi connectivity index (χ1) is 16.8. The Bertz CT molecular complexity index is 1120. The van der Waals surface area contributed by atoms with Gasteiger partial charge in [0.05, 0.1) is 6.61 Å². The lowest BCUT2D eigenvalue weighted by molar-refractivity contribution is -0.154. The second-order valence-electron chi connectivity index (χ2n) is 12.7. The van der Waals surface area contributed by atoms with Crippen LogP contribution in [0, 0.1) is 46.3 Å². The summed E-state index contributed by atoms with van der Waals surface area (Å²) >= 11 is 6.12. The maximum absolute atomic E-state index is 13.7. The van der Waals surface area contributed by atoms with Gasteiger partial charge in [-0.05, 0) is 110 Å². The summed E-state index contributed by atoms with van der Waals surface area (Å²) in [5.41, 5.74) is 2.02. The lowest BCUT2D eigenvalue weighted by Gasteiger charge is -2.61. The molecule has 0 radical (unpaired) electrons. The minimum atomic E-state index is 0.108. The zero-order chi connectivity index (χ0) is 24.4. The molecule has 1 heterocycles. The van der Waals surface area contributed by atoms with E-state index < -0.39 is 0 Å². The van der Waals surface area contributed by atoms with Crippen LogP contribution in [0.1, 0.15) is 71.6 Å². The highest BCUT2D eigenvalue weighted by atomic mass is 35.5. The lowest BCUT2D eigenvalue weighted by Crippen LogP contribution is -2.56. The summed E-state index contributed by atoms with van der Waals surface area (Å²) in [6.45, 7) is 6.08. The van der Waals surface area contributed by atoms with E-state index in [1.54, 1.807) is 4.80 Å². The number of rotatable bonds is 5. The summed E-state index contributed by atoms with van der Waals surface area (Å²) in [7, 11) is 1.91. The van der Waals surface area contributed by atoms with E-state index in [1.165, 1.54) is 51.4 Å². The van der Waals surface area contributed by atoms with Crippen molar-refractivity contribution in [3.63, 3.8) is 0 Å². The minimum Gasteiger partial charge on any atom is -0.384 e. The summed E-state index contributed by atoms with van der Waals surface area (Å²) in [5, 5.41) is 9.74. The van der Waals surface area contributed by atoms with Gasteiger partial charge in [-0.1, -0.05) is 31.9 Å². The molecule has 6 rings (SSSR count). The van der Waals surface area contributed by atoms with E-state index in [9.17, 15) is 4.79 Å². The van der Waals surface area contributed by atoms with Crippen LogP contribution in [-0.4, -0.2) is 34.5 Å². The first-order valence-corrected chi connectivity index (χ1v) is 14.2. The average molecular weight is 498 g/mol. The number of hydrogen-bond acceptors (Lipinski definition) is 4. The number of nitrogens with zero attached hydrogens (tertiary/aromatic N) is 3. The molecule has 6 heteroatoms. The number of carbonyl (C=O) groups is 1. The lowest BCUT2D eigenvalue weighted by atomic mass is 9.44. The number of hydrogen-bond donors (Lipinski definition) is 0. The standard InChI is InChI=1S/C29H40ClN3O2/c1-18-10-13-29(17-35-3)19(14-18)4-6-21-22-7-8-24(28(22,2)12-11-23(21)29)27(34)16-33-31-25-9-5-20(30)15-26(25)32-33/h5,9,15,18-19,21-24H,4,6-8,10-14,16-17H2,1-3H3. The second kappa shape index (κ2) is 8.83. The summed E-state index contributed by atoms with van der Waals surface area (Å²) < 4.78 is 5.94. The van der Waals surface area contributed by atoms with Gasteiger partial charge in [0.25, 0.3) is 0 Å². The van der Waals surface area contributed by atoms with E-state index in [0.717, 1.165) is 47.7 Å². The van der Waals surface area contributed by atoms with E-state index in [1.807, 2.05) is 25.3 Å². The van der Waals surface area contributed by atoms with Gasteiger partial charge in [0.2, 0.25) is 0 Å². The molecule has 5 nitrogen and oxygen atoms in total. The van der Waals surface area contributed by atoms with Crippen LogP contribution in [-0.2, 0) is 16.1 Å². The van der Waals surface area contributed by atoms with Crippen LogP contribution in [0.5, 0.6) is 0 Å². The van der Waals surface area contributed by atoms with Gasteiger partial charge in [-0.3, -0.25) is 4.79 Å². The number of fused-ring (bicyclic) bond motifs is 6. The van der Waals surface area contributed by atoms with Crippen molar-refractivity contribution in [2.24, 2.45) is 46.3 Å². The third-order valence-electron chi connectivity index (χ3n) is 11.1. The fourth-order valence-electron chi connectivity index (χ4n) is 9.60. The fourth-order valence-corrected chi connectivity index (χ4v) is 9.76. The first-order valence-electron chi connectivity index (χ1n) is 13.9. The highest BCUT2D eigenvalue weighted by Crippen LogP contribution is 2.68. The van der Waals surface area contributed by atoms with Crippen molar-refractivity contribution in [2.75, 3.05) is 13.7 Å². The molecule has 8 atom stereocenters. The van der Waals surface area contributed by atoms with Gasteiger partial charge in [0.1, 0.15) is 17.6 Å². The highest BCUT2D eigenvalue weighted by molar-refractivity contribution is 6.31. The number of ketones is 1. The normalized spacial score (nSPS) is 40.8. The van der Waals surface area contributed by atoms with E-state index in [0.29, 0.717) is 22.1 Å². The zero-order valence-electron chi connectivity index (χ0n) is 21.5. The maximum Gasteiger partial charge on any atom is 0.159 e. The topological polar surface area (TPSA) is 57.0 Å². The molecule has 4 saturated carbocycles. The number of carbonyl (C=O) groups excluding carboxylic acids is 1. The Morgan fingerprint density at radius 3 is 2.74 bits per heavy atom. The van der Waals surface area contributed by atoms with Crippen LogP contribution in [0.25, 0.3) is 11.0 Å². The quantitative estimate of drug-likeness (QED) is 0.468. The summed E-state index contributed by atoms with van der Waals surface area (Å²) in [4.78, 5) is 15.3. The van der Waals surface area contributed by atoms with Gasteiger partial charge in [0.15, 0.2) is 5.78 Å². The molecule has 35 heavy (non-hydrogen) atoms. The largest absolute Gasteiger partial charge is 0.384 e. The molecule has 1 aromatic carbocycles. The Labute approximate surface area is 214 Å². The average Bonchev–Trinajstić information content (AvgIpc) is 3.38. The number of methoxy groups -OCH3 is 1. The van der Waals surface area contributed by atoms with E-state index >= 15 is 0 Å². The van der Waals surface area contributed by atoms with Crippen LogP contribution < -0.4 is 0 Å². The number of benzene rings is 1. The summed E-state index contributed by atoms with van der Waals surface area (Å²) in [6, 6.07) is 5.51. The molecule has 190 valence electrons. The van der Waals surface area contributed by atoms with Crippen LogP contribution in [0.4, 0.5) is 0 Å². The van der Waals surface area contributed by atoms with Crippen molar-refractivity contribution in [2.45, 2.75) is 78.2 Å². The molecule has 0 bridgehead atoms.